The third kappa shape index (κ3) is 5.14. The largest absolute Gasteiger partial charge is 1.00 e. The van der Waals surface area contributed by atoms with Crippen LogP contribution in [0.2, 0.25) is 0 Å². The zero-order valence-corrected chi connectivity index (χ0v) is 17.0. The number of rotatable bonds is 8. The zero-order valence-electron chi connectivity index (χ0n) is 14.2. The number of nitrogens with two attached hydrogens (primary N) is 2. The first-order valence-electron chi connectivity index (χ1n) is 6.84. The van der Waals surface area contributed by atoms with Crippen molar-refractivity contribution in [1.82, 2.24) is 15.4 Å². The molecule has 1 fully saturated rings. The molecule has 15 heteroatoms. The summed E-state index contributed by atoms with van der Waals surface area (Å²) in [6.07, 6.45) is 0. The number of carbonyl (C=O) groups is 4. The normalized spacial score (nSPS) is 18.9. The van der Waals surface area contributed by atoms with E-state index in [-0.39, 0.29) is 46.1 Å². The van der Waals surface area contributed by atoms with Crippen molar-refractivity contribution in [2.45, 2.75) is 12.1 Å². The van der Waals surface area contributed by atoms with Gasteiger partial charge < -0.3 is 31.5 Å². The van der Waals surface area contributed by atoms with E-state index in [2.05, 4.69) is 25.1 Å². The number of carboxylic acids is 1. The molecule has 0 spiro atoms. The van der Waals surface area contributed by atoms with Crippen LogP contribution in [0, 0.1) is 0 Å². The number of nitrogens with one attached hydrogen (secondary N) is 1. The van der Waals surface area contributed by atoms with Gasteiger partial charge in [-0.3, -0.25) is 19.2 Å². The van der Waals surface area contributed by atoms with Crippen molar-refractivity contribution in [2.75, 3.05) is 19.5 Å². The van der Waals surface area contributed by atoms with Crippen LogP contribution < -0.4 is 51.4 Å². The van der Waals surface area contributed by atoms with Crippen LogP contribution in [0.3, 0.4) is 0 Å². The number of nitrogens with zero attached hydrogens (tertiary/aromatic N) is 3. The first-order chi connectivity index (χ1) is 12.3. The number of hydroxylamine groups is 2. The minimum atomic E-state index is -1.61. The molecule has 2 rings (SSSR count). The molecular weight excluding hydrogens is 395 g/mol. The predicted octanol–water partition coefficient (Wildman–Crippen LogP) is -7.06. The molecule has 1 aromatic heterocycles. The molecule has 13 nitrogen and oxygen atoms in total. The molecule has 0 aromatic carbocycles. The van der Waals surface area contributed by atoms with Crippen LogP contribution in [0.1, 0.15) is 5.69 Å². The van der Waals surface area contributed by atoms with E-state index in [1.807, 2.05) is 0 Å². The monoisotopic (exact) mass is 408 g/mol. The number of thiazole rings is 1. The summed E-state index contributed by atoms with van der Waals surface area (Å²) in [6, 6.07) is -2.78. The summed E-state index contributed by atoms with van der Waals surface area (Å²) in [4.78, 5) is 59.3. The standard InChI is InChI=1S/C12H14N6O7S.Na/c1-24-17-6(4-3-26-12(14)15-4)10(22)16-7-8(9(13)21)18(11(7)23)25-2-5(19)20;/h3,7-8H,2H2,1H3,(H2,13,21)(H2,14,15)(H,16,22)(H,19,20);/q;+1/p-1/b17-6-;/t7-,8-;/m0./s1. The fraction of sp³-hybridized carbons (Fsp3) is 0.333. The fourth-order valence-electron chi connectivity index (χ4n) is 2.05. The number of aliphatic carboxylic acids is 1. The van der Waals surface area contributed by atoms with E-state index in [0.29, 0.717) is 5.06 Å². The van der Waals surface area contributed by atoms with Crippen LogP contribution in [0.4, 0.5) is 5.13 Å². The smallest absolute Gasteiger partial charge is 0.548 e. The minimum Gasteiger partial charge on any atom is -0.548 e. The molecule has 27 heavy (non-hydrogen) atoms. The Hall–Kier alpha value is -2.26. The first kappa shape index (κ1) is 22.8. The van der Waals surface area contributed by atoms with E-state index in [9.17, 15) is 24.3 Å². The Bertz CT molecular complexity index is 784. The van der Waals surface area contributed by atoms with Crippen molar-refractivity contribution in [1.29, 1.82) is 0 Å². The predicted molar refractivity (Wildman–Crippen MR) is 82.8 cm³/mol. The maximum Gasteiger partial charge on any atom is 1.00 e. The van der Waals surface area contributed by atoms with Gasteiger partial charge in [-0.25, -0.2) is 10.0 Å². The van der Waals surface area contributed by atoms with Gasteiger partial charge in [0.05, 0.1) is 5.97 Å². The van der Waals surface area contributed by atoms with Gasteiger partial charge in [-0.2, -0.15) is 0 Å². The number of aromatic nitrogens is 1. The molecule has 0 radical (unpaired) electrons. The number of β-lactam (4-membered cyclic amide) rings is 1. The summed E-state index contributed by atoms with van der Waals surface area (Å²) in [6.45, 7) is -0.968. The Morgan fingerprint density at radius 2 is 2.15 bits per heavy atom. The summed E-state index contributed by atoms with van der Waals surface area (Å²) < 4.78 is 0. The third-order valence-electron chi connectivity index (χ3n) is 3.11. The van der Waals surface area contributed by atoms with Crippen LogP contribution in [0.25, 0.3) is 0 Å². The van der Waals surface area contributed by atoms with Crippen LogP contribution in [0.5, 0.6) is 0 Å². The zero-order chi connectivity index (χ0) is 19.4. The average molecular weight is 408 g/mol. The van der Waals surface area contributed by atoms with Gasteiger partial charge in [-0.15, -0.1) is 11.3 Å². The van der Waals surface area contributed by atoms with E-state index >= 15 is 0 Å². The van der Waals surface area contributed by atoms with E-state index in [0.717, 1.165) is 11.3 Å². The molecule has 140 valence electrons. The average Bonchev–Trinajstić information content (AvgIpc) is 2.99. The van der Waals surface area contributed by atoms with Crippen LogP contribution in [-0.2, 0) is 28.9 Å². The van der Waals surface area contributed by atoms with Crippen molar-refractivity contribution in [2.24, 2.45) is 10.9 Å². The first-order valence-corrected chi connectivity index (χ1v) is 7.72. The Labute approximate surface area is 177 Å². The Morgan fingerprint density at radius 1 is 1.48 bits per heavy atom. The van der Waals surface area contributed by atoms with Crippen LogP contribution in [-0.4, -0.2) is 65.3 Å². The number of hydrogen-bond acceptors (Lipinski definition) is 11. The molecular formula is C12H13N6NaO7S. The second-order valence-corrected chi connectivity index (χ2v) is 5.69. The van der Waals surface area contributed by atoms with Crippen molar-refractivity contribution >= 4 is 45.9 Å². The molecule has 1 aliphatic heterocycles. The summed E-state index contributed by atoms with van der Waals surface area (Å²) in [5, 5.41) is 18.2. The molecule has 0 bridgehead atoms. The maximum absolute atomic E-state index is 12.4. The molecule has 0 aliphatic carbocycles. The third-order valence-corrected chi connectivity index (χ3v) is 3.79. The second-order valence-electron chi connectivity index (χ2n) is 4.80. The van der Waals surface area contributed by atoms with Gasteiger partial charge in [0, 0.05) is 5.38 Å². The number of hydrogen-bond donors (Lipinski definition) is 3. The van der Waals surface area contributed by atoms with Gasteiger partial charge in [0.15, 0.2) is 16.9 Å². The molecule has 0 saturated carbocycles. The topological polar surface area (TPSA) is 202 Å². The van der Waals surface area contributed by atoms with E-state index in [1.165, 1.54) is 12.5 Å². The number of oxime groups is 1. The van der Waals surface area contributed by atoms with Crippen molar-refractivity contribution < 1.29 is 63.5 Å². The van der Waals surface area contributed by atoms with Gasteiger partial charge in [-0.05, 0) is 0 Å². The Balaban J connectivity index is 0.00000364. The number of carboxylic acid groups (broad SMARTS) is 1. The summed E-state index contributed by atoms with van der Waals surface area (Å²) in [7, 11) is 1.19. The molecule has 5 N–H and O–H groups in total. The molecule has 1 aromatic rings. The molecule has 1 aliphatic rings. The second kappa shape index (κ2) is 9.61. The van der Waals surface area contributed by atoms with Gasteiger partial charge >= 0.3 is 29.6 Å². The van der Waals surface area contributed by atoms with Gasteiger partial charge in [0.25, 0.3) is 11.8 Å². The van der Waals surface area contributed by atoms with Crippen molar-refractivity contribution in [3.63, 3.8) is 0 Å². The van der Waals surface area contributed by atoms with E-state index in [4.69, 9.17) is 11.5 Å². The Morgan fingerprint density at radius 3 is 2.63 bits per heavy atom. The maximum atomic E-state index is 12.4. The summed E-state index contributed by atoms with van der Waals surface area (Å²) in [5.41, 5.74) is 10.5. The number of amides is 3. The van der Waals surface area contributed by atoms with Gasteiger partial charge in [0.1, 0.15) is 25.5 Å². The number of anilines is 1. The van der Waals surface area contributed by atoms with Crippen molar-refractivity contribution in [3.8, 4) is 0 Å². The molecule has 2 heterocycles. The molecule has 3 amide bonds. The SMILES string of the molecule is CO/N=C(\C(=O)N[C@@H]1C(=O)N(OCC(=O)[O-])[C@@H]1C(N)=O)c1csc(N)n1.[Na+]. The summed E-state index contributed by atoms with van der Waals surface area (Å²) in [5.74, 6) is -4.39. The van der Waals surface area contributed by atoms with Crippen LogP contribution >= 0.6 is 11.3 Å². The van der Waals surface area contributed by atoms with E-state index in [1.54, 1.807) is 0 Å². The molecule has 0 unspecified atom stereocenters. The van der Waals surface area contributed by atoms with Crippen molar-refractivity contribution in [3.05, 3.63) is 11.1 Å². The number of nitrogen functional groups attached to an aromatic ring is 1. The quantitative estimate of drug-likeness (QED) is 0.162. The van der Waals surface area contributed by atoms with Gasteiger partial charge in [0.2, 0.25) is 5.91 Å². The fourth-order valence-corrected chi connectivity index (χ4v) is 2.60. The Kier molecular flexibility index (Phi) is 8.11. The number of primary amides is 1. The number of carbonyl (C=O) groups excluding carboxylic acids is 4. The van der Waals surface area contributed by atoms with Crippen LogP contribution in [0.15, 0.2) is 10.5 Å². The van der Waals surface area contributed by atoms with E-state index < -0.39 is 42.4 Å². The molecule has 2 atom stereocenters. The van der Waals surface area contributed by atoms with Gasteiger partial charge in [-0.1, -0.05) is 5.16 Å². The minimum absolute atomic E-state index is 0. The summed E-state index contributed by atoms with van der Waals surface area (Å²) >= 11 is 1.05. The molecule has 1 saturated heterocycles.